The summed E-state index contributed by atoms with van der Waals surface area (Å²) in [4.78, 5) is 25.6. The van der Waals surface area contributed by atoms with Crippen LogP contribution in [-0.2, 0) is 4.79 Å². The van der Waals surface area contributed by atoms with Gasteiger partial charge in [-0.25, -0.2) is 4.98 Å². The maximum atomic E-state index is 11.3. The highest BCUT2D eigenvalue weighted by molar-refractivity contribution is 5.79. The van der Waals surface area contributed by atoms with E-state index in [0.717, 1.165) is 0 Å². The molecule has 7 nitrogen and oxygen atoms in total. The summed E-state index contributed by atoms with van der Waals surface area (Å²) in [6.07, 6.45) is 2.85. The molecule has 0 aliphatic heterocycles. The molecule has 1 saturated carbocycles. The smallest absolute Gasteiger partial charge is 0.311 e. The van der Waals surface area contributed by atoms with Gasteiger partial charge in [-0.3, -0.25) is 14.9 Å². The Balaban J connectivity index is 1.96. The van der Waals surface area contributed by atoms with Gasteiger partial charge in [0.2, 0.25) is 11.7 Å². The van der Waals surface area contributed by atoms with Gasteiger partial charge in [-0.2, -0.15) is 0 Å². The van der Waals surface area contributed by atoms with Gasteiger partial charge in [0.25, 0.3) is 0 Å². The van der Waals surface area contributed by atoms with Gasteiger partial charge in [0.15, 0.2) is 0 Å². The van der Waals surface area contributed by atoms with Crippen molar-refractivity contribution in [1.82, 2.24) is 10.3 Å². The lowest BCUT2D eigenvalue weighted by Crippen LogP contribution is -2.43. The molecule has 2 N–H and O–H groups in total. The summed E-state index contributed by atoms with van der Waals surface area (Å²) in [5.74, 6) is 0.279. The van der Waals surface area contributed by atoms with E-state index >= 15 is 0 Å². The van der Waals surface area contributed by atoms with Crippen LogP contribution in [0.25, 0.3) is 0 Å². The molecule has 1 fully saturated rings. The van der Waals surface area contributed by atoms with Crippen molar-refractivity contribution in [2.45, 2.75) is 18.9 Å². The molecule has 18 heavy (non-hydrogen) atoms. The highest BCUT2D eigenvalue weighted by Crippen LogP contribution is 2.32. The summed E-state index contributed by atoms with van der Waals surface area (Å²) in [6.45, 7) is 0. The van der Waals surface area contributed by atoms with E-state index in [0.29, 0.717) is 12.8 Å². The fourth-order valence-electron chi connectivity index (χ4n) is 2.00. The van der Waals surface area contributed by atoms with Crippen molar-refractivity contribution < 1.29 is 9.72 Å². The average molecular weight is 250 g/mol. The van der Waals surface area contributed by atoms with E-state index in [9.17, 15) is 14.9 Å². The fraction of sp³-hybridized carbons (Fsp3) is 0.455. The number of carbonyl (C=O) groups is 1. The van der Waals surface area contributed by atoms with Gasteiger partial charge in [0.05, 0.1) is 4.92 Å². The number of rotatable bonds is 4. The van der Waals surface area contributed by atoms with E-state index in [1.165, 1.54) is 18.3 Å². The zero-order chi connectivity index (χ0) is 13.1. The van der Waals surface area contributed by atoms with Crippen LogP contribution in [0.1, 0.15) is 12.8 Å². The summed E-state index contributed by atoms with van der Waals surface area (Å²) < 4.78 is 0. The van der Waals surface area contributed by atoms with Crippen molar-refractivity contribution in [3.05, 3.63) is 28.4 Å². The third-order valence-electron chi connectivity index (χ3n) is 3.08. The Labute approximate surface area is 104 Å². The van der Waals surface area contributed by atoms with Gasteiger partial charge >= 0.3 is 5.69 Å². The molecular formula is C11H14N4O3. The molecule has 1 heterocycles. The SMILES string of the molecule is CNC(=O)C1CC(Nc2ncccc2[N+](=O)[O-])C1. The Hall–Kier alpha value is -2.18. The third kappa shape index (κ3) is 2.39. The Morgan fingerprint density at radius 1 is 1.56 bits per heavy atom. The summed E-state index contributed by atoms with van der Waals surface area (Å²) in [7, 11) is 1.60. The van der Waals surface area contributed by atoms with Crippen LogP contribution in [0, 0.1) is 16.0 Å². The minimum absolute atomic E-state index is 0.00438. The standard InChI is InChI=1S/C11H14N4O3/c1-12-11(16)7-5-8(6-7)14-10-9(15(17)18)3-2-4-13-10/h2-4,7-8H,5-6H2,1H3,(H,12,16)(H,13,14). The first-order valence-corrected chi connectivity index (χ1v) is 5.69. The second-order valence-electron chi connectivity index (χ2n) is 4.25. The molecular weight excluding hydrogens is 236 g/mol. The number of anilines is 1. The van der Waals surface area contributed by atoms with Gasteiger partial charge in [-0.1, -0.05) is 0 Å². The molecule has 1 amide bonds. The summed E-state index contributed by atoms with van der Waals surface area (Å²) in [5.41, 5.74) is -0.0408. The lowest BCUT2D eigenvalue weighted by atomic mass is 9.79. The Bertz CT molecular complexity index is 471. The second-order valence-corrected chi connectivity index (χ2v) is 4.25. The van der Waals surface area contributed by atoms with Crippen LogP contribution in [0.4, 0.5) is 11.5 Å². The molecule has 7 heteroatoms. The minimum Gasteiger partial charge on any atom is -0.362 e. The number of nitrogens with one attached hydrogen (secondary N) is 2. The number of pyridine rings is 1. The lowest BCUT2D eigenvalue weighted by Gasteiger charge is -2.34. The maximum absolute atomic E-state index is 11.3. The largest absolute Gasteiger partial charge is 0.362 e. The number of hydrogen-bond acceptors (Lipinski definition) is 5. The first-order valence-electron chi connectivity index (χ1n) is 5.69. The molecule has 0 unspecified atom stereocenters. The van der Waals surface area contributed by atoms with Crippen molar-refractivity contribution in [2.75, 3.05) is 12.4 Å². The minimum atomic E-state index is -0.468. The molecule has 0 radical (unpaired) electrons. The van der Waals surface area contributed by atoms with Crippen LogP contribution < -0.4 is 10.6 Å². The zero-order valence-corrected chi connectivity index (χ0v) is 9.92. The summed E-state index contributed by atoms with van der Waals surface area (Å²) in [6, 6.07) is 3.00. The van der Waals surface area contributed by atoms with Gasteiger partial charge < -0.3 is 10.6 Å². The molecule has 1 aliphatic carbocycles. The molecule has 96 valence electrons. The predicted octanol–water partition coefficient (Wildman–Crippen LogP) is 0.926. The molecule has 1 aromatic rings. The molecule has 0 spiro atoms. The Kier molecular flexibility index (Phi) is 3.40. The van der Waals surface area contributed by atoms with E-state index in [2.05, 4.69) is 15.6 Å². The van der Waals surface area contributed by atoms with E-state index < -0.39 is 4.92 Å². The van der Waals surface area contributed by atoms with Crippen molar-refractivity contribution in [3.8, 4) is 0 Å². The molecule has 1 aromatic heterocycles. The first kappa shape index (κ1) is 12.3. The highest BCUT2D eigenvalue weighted by Gasteiger charge is 2.35. The molecule has 0 aromatic carbocycles. The van der Waals surface area contributed by atoms with Crippen molar-refractivity contribution in [3.63, 3.8) is 0 Å². The maximum Gasteiger partial charge on any atom is 0.311 e. The second kappa shape index (κ2) is 4.99. The van der Waals surface area contributed by atoms with Gasteiger partial charge in [-0.05, 0) is 18.9 Å². The molecule has 1 aliphatic rings. The zero-order valence-electron chi connectivity index (χ0n) is 9.92. The number of carbonyl (C=O) groups excluding carboxylic acids is 1. The Morgan fingerprint density at radius 2 is 2.28 bits per heavy atom. The molecule has 0 atom stereocenters. The first-order chi connectivity index (χ1) is 8.61. The van der Waals surface area contributed by atoms with E-state index in [1.807, 2.05) is 0 Å². The Morgan fingerprint density at radius 3 is 2.89 bits per heavy atom. The van der Waals surface area contributed by atoms with E-state index in [4.69, 9.17) is 0 Å². The van der Waals surface area contributed by atoms with Crippen LogP contribution in [-0.4, -0.2) is 28.9 Å². The van der Waals surface area contributed by atoms with Gasteiger partial charge in [0.1, 0.15) is 0 Å². The number of nitrogens with zero attached hydrogens (tertiary/aromatic N) is 2. The van der Waals surface area contributed by atoms with Crippen LogP contribution in [0.2, 0.25) is 0 Å². The van der Waals surface area contributed by atoms with Gasteiger partial charge in [-0.15, -0.1) is 0 Å². The fourth-order valence-corrected chi connectivity index (χ4v) is 2.00. The number of hydrogen-bond donors (Lipinski definition) is 2. The van der Waals surface area contributed by atoms with Gasteiger partial charge in [0, 0.05) is 31.3 Å². The van der Waals surface area contributed by atoms with Crippen molar-refractivity contribution >= 4 is 17.4 Å². The predicted molar refractivity (Wildman–Crippen MR) is 65.1 cm³/mol. The molecule has 0 saturated heterocycles. The monoisotopic (exact) mass is 250 g/mol. The molecule has 0 bridgehead atoms. The third-order valence-corrected chi connectivity index (χ3v) is 3.08. The van der Waals surface area contributed by atoms with Crippen LogP contribution in [0.5, 0.6) is 0 Å². The highest BCUT2D eigenvalue weighted by atomic mass is 16.6. The number of aromatic nitrogens is 1. The van der Waals surface area contributed by atoms with Crippen LogP contribution >= 0.6 is 0 Å². The van der Waals surface area contributed by atoms with E-state index in [1.54, 1.807) is 7.05 Å². The normalized spacial score (nSPS) is 21.8. The van der Waals surface area contributed by atoms with E-state index in [-0.39, 0.29) is 29.4 Å². The quantitative estimate of drug-likeness (QED) is 0.612. The lowest BCUT2D eigenvalue weighted by molar-refractivity contribution is -0.384. The van der Waals surface area contributed by atoms with Crippen molar-refractivity contribution in [2.24, 2.45) is 5.92 Å². The summed E-state index contributed by atoms with van der Waals surface area (Å²) in [5, 5.41) is 16.4. The van der Waals surface area contributed by atoms with Crippen molar-refractivity contribution in [1.29, 1.82) is 0 Å². The van der Waals surface area contributed by atoms with Crippen LogP contribution in [0.15, 0.2) is 18.3 Å². The summed E-state index contributed by atoms with van der Waals surface area (Å²) >= 11 is 0. The number of amides is 1. The average Bonchev–Trinajstić information content (AvgIpc) is 2.32. The molecule has 2 rings (SSSR count). The topological polar surface area (TPSA) is 97.2 Å². The number of nitro groups is 1. The van der Waals surface area contributed by atoms with Crippen LogP contribution in [0.3, 0.4) is 0 Å².